The lowest BCUT2D eigenvalue weighted by atomic mass is 10.2. The van der Waals surface area contributed by atoms with Gasteiger partial charge in [0.2, 0.25) is 0 Å². The Morgan fingerprint density at radius 1 is 1.21 bits per heavy atom. The van der Waals surface area contributed by atoms with Gasteiger partial charge < -0.3 is 25.2 Å². The van der Waals surface area contributed by atoms with Crippen LogP contribution >= 0.6 is 24.0 Å². The third-order valence-electron chi connectivity index (χ3n) is 3.93. The first-order valence-electron chi connectivity index (χ1n) is 8.20. The monoisotopic (exact) mass is 449 g/mol. The molecule has 3 N–H and O–H groups in total. The maximum Gasteiger partial charge on any atom is 0.191 e. The molecule has 0 spiro atoms. The van der Waals surface area contributed by atoms with Crippen molar-refractivity contribution < 1.29 is 14.6 Å². The van der Waals surface area contributed by atoms with Gasteiger partial charge in [0.05, 0.1) is 20.3 Å². The van der Waals surface area contributed by atoms with Crippen LogP contribution in [0.3, 0.4) is 0 Å². The number of guanidine groups is 1. The number of benzene rings is 1. The number of rotatable bonds is 6. The van der Waals surface area contributed by atoms with E-state index in [0.29, 0.717) is 24.0 Å². The highest BCUT2D eigenvalue weighted by Crippen LogP contribution is 2.28. The number of aliphatic hydroxyl groups is 1. The second kappa shape index (κ2) is 11.4. The minimum absolute atomic E-state index is 0. The molecular weight excluding hydrogens is 421 g/mol. The predicted molar refractivity (Wildman–Crippen MR) is 106 cm³/mol. The van der Waals surface area contributed by atoms with E-state index in [0.717, 1.165) is 18.7 Å². The number of aliphatic imine (C=N–C) groups is 1. The van der Waals surface area contributed by atoms with Crippen LogP contribution in [0, 0.1) is 0 Å². The standard InChI is InChI=1S/C17H27N3O3.HI/c1-22-16-12-14(6-7-15(16)23-11-10-21)13-19-17(18)20-8-4-2-3-5-9-20;/h6-7,12,21H,2-5,8-11,13H2,1H3,(H2,18,19);1H. The molecule has 0 aromatic heterocycles. The molecule has 1 aromatic rings. The van der Waals surface area contributed by atoms with Crippen molar-refractivity contribution >= 4 is 29.9 Å². The van der Waals surface area contributed by atoms with E-state index >= 15 is 0 Å². The number of hydrogen-bond donors (Lipinski definition) is 2. The Bertz CT molecular complexity index is 518. The molecule has 1 saturated heterocycles. The van der Waals surface area contributed by atoms with E-state index in [1.165, 1.54) is 25.7 Å². The first-order valence-corrected chi connectivity index (χ1v) is 8.20. The molecule has 1 fully saturated rings. The van der Waals surface area contributed by atoms with Gasteiger partial charge in [0.25, 0.3) is 0 Å². The molecule has 136 valence electrons. The Hall–Kier alpha value is -1.22. The summed E-state index contributed by atoms with van der Waals surface area (Å²) in [6, 6.07) is 5.67. The van der Waals surface area contributed by atoms with Crippen LogP contribution in [0.1, 0.15) is 31.2 Å². The van der Waals surface area contributed by atoms with Gasteiger partial charge in [-0.1, -0.05) is 18.9 Å². The molecule has 1 aromatic carbocycles. The lowest BCUT2D eigenvalue weighted by molar-refractivity contribution is 0.196. The van der Waals surface area contributed by atoms with E-state index in [1.54, 1.807) is 7.11 Å². The van der Waals surface area contributed by atoms with Crippen molar-refractivity contribution in [1.29, 1.82) is 0 Å². The van der Waals surface area contributed by atoms with Crippen LogP contribution in [0.5, 0.6) is 11.5 Å². The quantitative estimate of drug-likeness (QED) is 0.396. The predicted octanol–water partition coefficient (Wildman–Crippen LogP) is 2.38. The van der Waals surface area contributed by atoms with Gasteiger partial charge in [-0.3, -0.25) is 0 Å². The highest BCUT2D eigenvalue weighted by molar-refractivity contribution is 14.0. The molecule has 0 aliphatic carbocycles. The summed E-state index contributed by atoms with van der Waals surface area (Å²) >= 11 is 0. The molecule has 6 nitrogen and oxygen atoms in total. The zero-order valence-electron chi connectivity index (χ0n) is 14.2. The fourth-order valence-electron chi connectivity index (χ4n) is 2.66. The molecule has 0 unspecified atom stereocenters. The van der Waals surface area contributed by atoms with Gasteiger partial charge in [0, 0.05) is 13.1 Å². The third kappa shape index (κ3) is 6.35. The van der Waals surface area contributed by atoms with E-state index in [-0.39, 0.29) is 37.2 Å². The zero-order chi connectivity index (χ0) is 16.5. The van der Waals surface area contributed by atoms with Crippen LogP contribution in [-0.2, 0) is 6.54 Å². The van der Waals surface area contributed by atoms with Crippen molar-refractivity contribution in [2.75, 3.05) is 33.4 Å². The second-order valence-corrected chi connectivity index (χ2v) is 5.63. The summed E-state index contributed by atoms with van der Waals surface area (Å²) < 4.78 is 10.7. The molecular formula is C17H28IN3O3. The number of ether oxygens (including phenoxy) is 2. The van der Waals surface area contributed by atoms with Crippen molar-refractivity contribution in [1.82, 2.24) is 4.90 Å². The minimum Gasteiger partial charge on any atom is -0.493 e. The molecule has 24 heavy (non-hydrogen) atoms. The fourth-order valence-corrected chi connectivity index (χ4v) is 2.66. The number of likely N-dealkylation sites (tertiary alicyclic amines) is 1. The first kappa shape index (κ1) is 20.8. The number of halogens is 1. The van der Waals surface area contributed by atoms with Crippen molar-refractivity contribution in [3.05, 3.63) is 23.8 Å². The molecule has 7 heteroatoms. The van der Waals surface area contributed by atoms with Crippen LogP contribution in [0.2, 0.25) is 0 Å². The zero-order valence-corrected chi connectivity index (χ0v) is 16.6. The van der Waals surface area contributed by atoms with Gasteiger partial charge >= 0.3 is 0 Å². The molecule has 0 saturated carbocycles. The number of nitrogens with two attached hydrogens (primary N) is 1. The smallest absolute Gasteiger partial charge is 0.191 e. The molecule has 1 heterocycles. The Kier molecular flexibility index (Phi) is 9.85. The second-order valence-electron chi connectivity index (χ2n) is 5.63. The fraction of sp³-hybridized carbons (Fsp3) is 0.588. The van der Waals surface area contributed by atoms with E-state index in [2.05, 4.69) is 9.89 Å². The van der Waals surface area contributed by atoms with Gasteiger partial charge in [-0.15, -0.1) is 24.0 Å². The van der Waals surface area contributed by atoms with Crippen molar-refractivity contribution in [3.8, 4) is 11.5 Å². The average Bonchev–Trinajstić information content (AvgIpc) is 2.87. The molecule has 0 bridgehead atoms. The lowest BCUT2D eigenvalue weighted by Gasteiger charge is -2.21. The Morgan fingerprint density at radius 3 is 2.54 bits per heavy atom. The highest BCUT2D eigenvalue weighted by Gasteiger charge is 2.11. The maximum absolute atomic E-state index is 8.83. The van der Waals surface area contributed by atoms with Gasteiger partial charge in [0.15, 0.2) is 17.5 Å². The molecule has 1 aliphatic rings. The Balaban J connectivity index is 0.00000288. The normalized spacial score (nSPS) is 15.4. The lowest BCUT2D eigenvalue weighted by Crippen LogP contribution is -2.38. The topological polar surface area (TPSA) is 80.3 Å². The van der Waals surface area contributed by atoms with E-state index < -0.39 is 0 Å². The summed E-state index contributed by atoms with van der Waals surface area (Å²) in [5.41, 5.74) is 7.13. The number of hydrogen-bond acceptors (Lipinski definition) is 4. The highest BCUT2D eigenvalue weighted by atomic mass is 127. The molecule has 0 atom stereocenters. The van der Waals surface area contributed by atoms with Gasteiger partial charge in [-0.25, -0.2) is 4.99 Å². The van der Waals surface area contributed by atoms with Gasteiger partial charge in [-0.05, 0) is 30.5 Å². The first-order chi connectivity index (χ1) is 11.2. The largest absolute Gasteiger partial charge is 0.493 e. The summed E-state index contributed by atoms with van der Waals surface area (Å²) in [7, 11) is 1.60. The van der Waals surface area contributed by atoms with E-state index in [9.17, 15) is 0 Å². The van der Waals surface area contributed by atoms with Crippen molar-refractivity contribution in [2.45, 2.75) is 32.2 Å². The Labute approximate surface area is 161 Å². The average molecular weight is 449 g/mol. The van der Waals surface area contributed by atoms with Gasteiger partial charge in [-0.2, -0.15) is 0 Å². The maximum atomic E-state index is 8.83. The Morgan fingerprint density at radius 2 is 1.92 bits per heavy atom. The van der Waals surface area contributed by atoms with Crippen LogP contribution in [0.4, 0.5) is 0 Å². The van der Waals surface area contributed by atoms with Crippen LogP contribution < -0.4 is 15.2 Å². The summed E-state index contributed by atoms with van der Waals surface area (Å²) in [6.45, 7) is 2.72. The van der Waals surface area contributed by atoms with Crippen LogP contribution in [0.15, 0.2) is 23.2 Å². The van der Waals surface area contributed by atoms with Crippen LogP contribution in [0.25, 0.3) is 0 Å². The van der Waals surface area contributed by atoms with Crippen molar-refractivity contribution in [2.24, 2.45) is 10.7 Å². The summed E-state index contributed by atoms with van der Waals surface area (Å²) in [4.78, 5) is 6.68. The molecule has 0 amide bonds. The number of methoxy groups -OCH3 is 1. The van der Waals surface area contributed by atoms with E-state index in [4.69, 9.17) is 20.3 Å². The number of nitrogens with zero attached hydrogens (tertiary/aromatic N) is 2. The number of aliphatic hydroxyl groups excluding tert-OH is 1. The molecule has 1 aliphatic heterocycles. The van der Waals surface area contributed by atoms with Crippen molar-refractivity contribution in [3.63, 3.8) is 0 Å². The summed E-state index contributed by atoms with van der Waals surface area (Å²) in [6.07, 6.45) is 4.91. The SMILES string of the molecule is COc1cc(CN=C(N)N2CCCCCC2)ccc1OCCO.I. The summed E-state index contributed by atoms with van der Waals surface area (Å²) in [5.74, 6) is 1.88. The minimum atomic E-state index is -0.0262. The molecule has 0 radical (unpaired) electrons. The van der Waals surface area contributed by atoms with Crippen LogP contribution in [-0.4, -0.2) is 49.4 Å². The van der Waals surface area contributed by atoms with Gasteiger partial charge in [0.1, 0.15) is 6.61 Å². The van der Waals surface area contributed by atoms with E-state index in [1.807, 2.05) is 18.2 Å². The molecule has 2 rings (SSSR count). The summed E-state index contributed by atoms with van der Waals surface area (Å²) in [5, 5.41) is 8.83. The third-order valence-corrected chi connectivity index (χ3v) is 3.93.